The molecule has 0 saturated heterocycles. The monoisotopic (exact) mass is 1010 g/mol. The van der Waals surface area contributed by atoms with Crippen molar-refractivity contribution in [2.75, 3.05) is 0 Å². The second-order valence-electron chi connectivity index (χ2n) is 5.04. The molecule has 20 nitrogen and oxygen atoms in total. The van der Waals surface area contributed by atoms with Crippen molar-refractivity contribution in [2.45, 2.75) is 16.6 Å². The van der Waals surface area contributed by atoms with E-state index < -0.39 is 66.8 Å². The molecule has 0 amide bonds. The molecule has 0 spiro atoms. The third-order valence-corrected chi connectivity index (χ3v) is 13.4. The molecule has 0 rings (SSSR count). The van der Waals surface area contributed by atoms with Crippen molar-refractivity contribution in [1.29, 1.82) is 0 Å². The number of nitrogens with zero attached hydrogens (tertiary/aromatic N) is 1. The molecule has 38 heteroatoms. The van der Waals surface area contributed by atoms with E-state index in [2.05, 4.69) is 0 Å². The van der Waals surface area contributed by atoms with Gasteiger partial charge in [0, 0.05) is 0 Å². The molecule has 0 fully saturated rings. The Labute approximate surface area is 746 Å². The van der Waals surface area contributed by atoms with Crippen LogP contribution in [0, 0.1) is 5.21 Å². The van der Waals surface area contributed by atoms with Crippen LogP contribution in [0.15, 0.2) is 0 Å². The molecule has 0 bridgehead atoms. The van der Waals surface area contributed by atoms with Gasteiger partial charge in [-0.15, -0.1) is 0 Å². The Hall–Kier alpha value is 20.5. The van der Waals surface area contributed by atoms with E-state index in [9.17, 15) is 91.3 Å². The zero-order valence-corrected chi connectivity index (χ0v) is 67.5. The molecule has 41 heavy (non-hydrogen) atoms. The van der Waals surface area contributed by atoms with Crippen LogP contribution in [0.25, 0.3) is 0 Å². The van der Waals surface area contributed by atoms with Crippen LogP contribution >= 0.6 is 45.6 Å². The SMILES string of the molecule is O=P([O-])([O-])C([N+]([O-])(C(P(=O)([O-])[O-])P(=O)([O-])[O-])C(P(=O)([O-])[O-])P(=O)([O-])[O-])P(=O)([O-])[O-].[K+].[K+].[K+].[K+].[K+].[K+].[K+].[K+].[K+].[K+].[K+].[K+]. The average molecular weight is 1010 g/mol. The minimum atomic E-state index is -7.73. The van der Waals surface area contributed by atoms with E-state index in [0.717, 1.165) is 0 Å². The number of rotatable bonds is 9. The van der Waals surface area contributed by atoms with Crippen LogP contribution in [0.2, 0.25) is 0 Å². The Balaban J connectivity index is -0.0000000594. The first-order valence-corrected chi connectivity index (χ1v) is 15.5. The Morgan fingerprint density at radius 3 is 0.415 bits per heavy atom. The zero-order valence-electron chi connectivity index (χ0n) is 24.6. The molecule has 0 heterocycles. The van der Waals surface area contributed by atoms with Crippen molar-refractivity contribution in [3.63, 3.8) is 0 Å². The molecule has 0 radical (unpaired) electrons. The molecule has 0 aliphatic rings. The van der Waals surface area contributed by atoms with Crippen molar-refractivity contribution >= 4 is 45.6 Å². The average Bonchev–Trinajstić information content (AvgIpc) is 2.11. The van der Waals surface area contributed by atoms with Crippen molar-refractivity contribution < 1.29 is 707 Å². The first kappa shape index (κ1) is 95.7. The maximum absolute atomic E-state index is 12.6. The first-order chi connectivity index (χ1) is 12.1. The second kappa shape index (κ2) is 41.9. The Morgan fingerprint density at radius 2 is 0.366 bits per heavy atom. The summed E-state index contributed by atoms with van der Waals surface area (Å²) in [5.74, 6) is 0. The predicted octanol–water partition coefficient (Wildman–Crippen LogP) is -46.3. The number of hydrogen-bond acceptors (Lipinski definition) is 19. The fraction of sp³-hybridized carbons (Fsp3) is 1.00. The summed E-state index contributed by atoms with van der Waals surface area (Å²) in [5, 5.41) is 12.6. The molecule has 176 valence electrons. The summed E-state index contributed by atoms with van der Waals surface area (Å²) in [6, 6.07) is 0. The van der Waals surface area contributed by atoms with E-state index in [1.807, 2.05) is 0 Å². The summed E-state index contributed by atoms with van der Waals surface area (Å²) in [6.45, 7) is 0. The summed E-state index contributed by atoms with van der Waals surface area (Å²) < 4.78 is 60.8. The number of hydrogen-bond donors (Lipinski definition) is 0. The molecule has 0 aliphatic heterocycles. The minimum Gasteiger partial charge on any atom is -0.806 e. The molecule has 0 aliphatic carbocycles. The van der Waals surface area contributed by atoms with Gasteiger partial charge in [0.1, 0.15) is 16.6 Å². The molecule has 0 aromatic rings. The van der Waals surface area contributed by atoms with Gasteiger partial charge in [0.2, 0.25) is 0 Å². The van der Waals surface area contributed by atoms with E-state index in [-0.39, 0.29) is 617 Å². The summed E-state index contributed by atoms with van der Waals surface area (Å²) in [7, 11) is -46.4. The largest absolute Gasteiger partial charge is 1.00 e. The van der Waals surface area contributed by atoms with E-state index in [0.29, 0.717) is 0 Å². The Morgan fingerprint density at radius 1 is 0.293 bits per heavy atom. The fourth-order valence-corrected chi connectivity index (χ4v) is 11.9. The van der Waals surface area contributed by atoms with Gasteiger partial charge >= 0.3 is 617 Å². The van der Waals surface area contributed by atoms with Crippen molar-refractivity contribution in [2.24, 2.45) is 0 Å². The minimum absolute atomic E-state index is 0. The smallest absolute Gasteiger partial charge is 0.806 e. The van der Waals surface area contributed by atoms with Crippen molar-refractivity contribution in [1.82, 2.24) is 0 Å². The van der Waals surface area contributed by atoms with Gasteiger partial charge in [-0.1, -0.05) is 0 Å². The van der Waals surface area contributed by atoms with Gasteiger partial charge in [-0.25, -0.2) is 0 Å². The molecular formula is C3H3K12NO19P6. The van der Waals surface area contributed by atoms with Crippen LogP contribution in [0.1, 0.15) is 0 Å². The summed E-state index contributed by atoms with van der Waals surface area (Å²) >= 11 is 0. The van der Waals surface area contributed by atoms with Gasteiger partial charge in [-0.05, 0) is 45.6 Å². The predicted molar refractivity (Wildman–Crippen MR) is 60.6 cm³/mol. The van der Waals surface area contributed by atoms with E-state index in [1.165, 1.54) is 0 Å². The van der Waals surface area contributed by atoms with Gasteiger partial charge < -0.3 is 96.0 Å². The van der Waals surface area contributed by atoms with E-state index in [4.69, 9.17) is 0 Å². The summed E-state index contributed by atoms with van der Waals surface area (Å²) in [4.78, 5) is 133. The van der Waals surface area contributed by atoms with Gasteiger partial charge in [-0.3, -0.25) is 0 Å². The number of hydroxylamine groups is 3. The molecule has 0 aromatic carbocycles. The molecule has 0 N–H and O–H groups in total. The Bertz CT molecular complexity index is 753. The van der Waals surface area contributed by atoms with Crippen LogP contribution < -0.4 is 675 Å². The molecule has 0 atom stereocenters. The van der Waals surface area contributed by atoms with Crippen LogP contribution in [0.4, 0.5) is 0 Å². The standard InChI is InChI=1S/C3H15NO19P6.12K/c5-4(1(24(6,7)8)25(9,10)11,2(26(12,13)14)27(15,16)17)3(28(18,19)20)29(21,22)23;;;;;;;;;;;;/h1-3H,(H2,6,7,8)(H2,9,10,11)(H2,12,13,14)(H2,15,16,17)(H2,18,19,20)(H2,21,22,23);;;;;;;;;;;;/q;12*+1/p-12. The fourth-order valence-electron chi connectivity index (χ4n) is 2.20. The maximum atomic E-state index is 12.6. The van der Waals surface area contributed by atoms with Crippen molar-refractivity contribution in [3.8, 4) is 0 Å². The van der Waals surface area contributed by atoms with Crippen LogP contribution in [0.5, 0.6) is 0 Å². The van der Waals surface area contributed by atoms with Gasteiger partial charge in [0.25, 0.3) is 0 Å². The second-order valence-corrected chi connectivity index (χ2v) is 15.7. The first-order valence-electron chi connectivity index (χ1n) is 5.79. The molecule has 0 saturated carbocycles. The van der Waals surface area contributed by atoms with Crippen LogP contribution in [0.3, 0.4) is 0 Å². The van der Waals surface area contributed by atoms with Crippen molar-refractivity contribution in [3.05, 3.63) is 5.21 Å². The van der Waals surface area contributed by atoms with Crippen LogP contribution in [-0.2, 0) is 27.4 Å². The Kier molecular flexibility index (Phi) is 97.7. The van der Waals surface area contributed by atoms with Gasteiger partial charge in [-0.2, -0.15) is 0 Å². The third kappa shape index (κ3) is 37.3. The maximum Gasteiger partial charge on any atom is 1.00 e. The summed E-state index contributed by atoms with van der Waals surface area (Å²) in [6.07, 6.45) is 0. The van der Waals surface area contributed by atoms with E-state index >= 15 is 0 Å². The third-order valence-electron chi connectivity index (χ3n) is 2.78. The van der Waals surface area contributed by atoms with E-state index in [1.54, 1.807) is 0 Å². The quantitative estimate of drug-likeness (QED) is 0.0895. The zero-order chi connectivity index (χ0) is 24.2. The topological polar surface area (TPSA) is 402 Å². The van der Waals surface area contributed by atoms with Crippen LogP contribution in [-0.4, -0.2) is 21.2 Å². The van der Waals surface area contributed by atoms with Gasteiger partial charge in [0.05, 0.1) is 0 Å². The molecule has 0 unspecified atom stereocenters. The number of quaternary nitrogens is 1. The molecular weight excluding hydrogens is 1010 g/mol. The molecule has 0 aromatic heterocycles. The normalized spacial score (nSPS) is 11.4. The summed E-state index contributed by atoms with van der Waals surface area (Å²) in [5.41, 5.74) is -16.3. The van der Waals surface area contributed by atoms with Gasteiger partial charge in [0.15, 0.2) is 0 Å².